The lowest BCUT2D eigenvalue weighted by atomic mass is 9.99. The van der Waals surface area contributed by atoms with Gasteiger partial charge in [-0.15, -0.1) is 0 Å². The predicted octanol–water partition coefficient (Wildman–Crippen LogP) is 4.88. The summed E-state index contributed by atoms with van der Waals surface area (Å²) in [7, 11) is 0. The fourth-order valence-electron chi connectivity index (χ4n) is 4.05. The van der Waals surface area contributed by atoms with Crippen molar-refractivity contribution in [2.75, 3.05) is 4.90 Å². The number of nitrogens with one attached hydrogen (secondary N) is 1. The van der Waals surface area contributed by atoms with Gasteiger partial charge in [0.2, 0.25) is 5.91 Å². The second-order valence-electron chi connectivity index (χ2n) is 9.39. The number of hydrogen-bond acceptors (Lipinski definition) is 4. The summed E-state index contributed by atoms with van der Waals surface area (Å²) in [5.41, 5.74) is -1.23. The Balaban J connectivity index is 2.12. The van der Waals surface area contributed by atoms with Gasteiger partial charge in [-0.3, -0.25) is 28.6 Å². The third-order valence-corrected chi connectivity index (χ3v) is 6.03. The molecule has 41 heavy (non-hydrogen) atoms. The standard InChI is InChI=1S/C28H25F6N3O4/c1-17(2)23(24(39)27(29,30)31)35-22(38)16-36-20(19-11-7-4-8-12-19)13-14-21(25(36)40)37(26(41)28(32,33)34)15-18-9-5-3-6-10-18/h3-14,17,23H,15-16H2,1-2H3,(H,35,38). The zero-order chi connectivity index (χ0) is 30.5. The van der Waals surface area contributed by atoms with Crippen molar-refractivity contribution in [3.63, 3.8) is 0 Å². The van der Waals surface area contributed by atoms with Crippen LogP contribution in [0.1, 0.15) is 19.4 Å². The van der Waals surface area contributed by atoms with E-state index in [1.165, 1.54) is 56.3 Å². The van der Waals surface area contributed by atoms with Crippen LogP contribution in [-0.4, -0.2) is 40.6 Å². The molecule has 1 aromatic heterocycles. The lowest BCUT2D eigenvalue weighted by Gasteiger charge is -2.26. The maximum atomic E-state index is 13.6. The average Bonchev–Trinajstić information content (AvgIpc) is 2.91. The molecule has 0 spiro atoms. The van der Waals surface area contributed by atoms with Crippen LogP contribution in [0.4, 0.5) is 32.0 Å². The highest BCUT2D eigenvalue weighted by atomic mass is 19.4. The van der Waals surface area contributed by atoms with Crippen LogP contribution in [-0.2, 0) is 27.5 Å². The van der Waals surface area contributed by atoms with Crippen LogP contribution in [0.15, 0.2) is 77.6 Å². The highest BCUT2D eigenvalue weighted by molar-refractivity contribution is 5.97. The van der Waals surface area contributed by atoms with Crippen molar-refractivity contribution < 1.29 is 40.7 Å². The molecule has 0 aliphatic rings. The Kier molecular flexibility index (Phi) is 9.41. The number of amides is 2. The van der Waals surface area contributed by atoms with E-state index in [0.717, 1.165) is 10.6 Å². The van der Waals surface area contributed by atoms with Crippen molar-refractivity contribution >= 4 is 23.3 Å². The number of aromatic nitrogens is 1. The number of benzene rings is 2. The Labute approximate surface area is 230 Å². The van der Waals surface area contributed by atoms with Crippen molar-refractivity contribution in [1.82, 2.24) is 9.88 Å². The first kappa shape index (κ1) is 31.1. The summed E-state index contributed by atoms with van der Waals surface area (Å²) in [4.78, 5) is 51.1. The minimum atomic E-state index is -5.36. The molecule has 2 amide bonds. The van der Waals surface area contributed by atoms with Crippen molar-refractivity contribution in [3.8, 4) is 11.3 Å². The molecule has 0 radical (unpaired) electrons. The second-order valence-corrected chi connectivity index (χ2v) is 9.39. The molecule has 1 unspecified atom stereocenters. The highest BCUT2D eigenvalue weighted by Crippen LogP contribution is 2.26. The summed E-state index contributed by atoms with van der Waals surface area (Å²) in [6.07, 6.45) is -10.6. The number of anilines is 1. The summed E-state index contributed by atoms with van der Waals surface area (Å²) in [5, 5.41) is 1.98. The van der Waals surface area contributed by atoms with Crippen molar-refractivity contribution in [2.24, 2.45) is 5.92 Å². The van der Waals surface area contributed by atoms with Gasteiger partial charge in [-0.05, 0) is 29.2 Å². The average molecular weight is 582 g/mol. The Morgan fingerprint density at radius 2 is 1.39 bits per heavy atom. The summed E-state index contributed by atoms with van der Waals surface area (Å²) < 4.78 is 80.8. The molecule has 0 saturated carbocycles. The molecule has 7 nitrogen and oxygen atoms in total. The first-order valence-electron chi connectivity index (χ1n) is 12.2. The zero-order valence-electron chi connectivity index (χ0n) is 21.8. The number of hydrogen-bond donors (Lipinski definition) is 1. The van der Waals surface area contributed by atoms with E-state index in [-0.39, 0.29) is 16.2 Å². The topological polar surface area (TPSA) is 88.5 Å². The number of ketones is 1. The lowest BCUT2D eigenvalue weighted by molar-refractivity contribution is -0.174. The number of Topliss-reactive ketones (excluding diaryl/α,β-unsaturated/α-hetero) is 1. The molecule has 2 aromatic carbocycles. The Hall–Kier alpha value is -4.42. The molecular formula is C28H25F6N3O4. The van der Waals surface area contributed by atoms with Crippen LogP contribution in [0.25, 0.3) is 11.3 Å². The van der Waals surface area contributed by atoms with Gasteiger partial charge in [-0.2, -0.15) is 26.3 Å². The largest absolute Gasteiger partial charge is 0.471 e. The fraction of sp³-hybridized carbons (Fsp3) is 0.286. The van der Waals surface area contributed by atoms with Gasteiger partial charge in [0.25, 0.3) is 11.3 Å². The van der Waals surface area contributed by atoms with E-state index >= 15 is 0 Å². The molecule has 1 heterocycles. The van der Waals surface area contributed by atoms with Gasteiger partial charge in [-0.25, -0.2) is 0 Å². The van der Waals surface area contributed by atoms with Crippen LogP contribution in [0.5, 0.6) is 0 Å². The Morgan fingerprint density at radius 1 is 0.829 bits per heavy atom. The molecular weight excluding hydrogens is 556 g/mol. The zero-order valence-corrected chi connectivity index (χ0v) is 21.8. The van der Waals surface area contributed by atoms with Crippen molar-refractivity contribution in [1.29, 1.82) is 0 Å². The summed E-state index contributed by atoms with van der Waals surface area (Å²) >= 11 is 0. The predicted molar refractivity (Wildman–Crippen MR) is 138 cm³/mol. The normalized spacial score (nSPS) is 12.6. The van der Waals surface area contributed by atoms with Crippen LogP contribution in [0, 0.1) is 5.92 Å². The van der Waals surface area contributed by atoms with Gasteiger partial charge in [0.1, 0.15) is 12.2 Å². The molecule has 3 aromatic rings. The van der Waals surface area contributed by atoms with Crippen molar-refractivity contribution in [3.05, 3.63) is 88.7 Å². The Morgan fingerprint density at radius 3 is 1.90 bits per heavy atom. The fourth-order valence-corrected chi connectivity index (χ4v) is 4.05. The van der Waals surface area contributed by atoms with Gasteiger partial charge in [0, 0.05) is 0 Å². The molecule has 0 saturated heterocycles. The summed E-state index contributed by atoms with van der Waals surface area (Å²) in [5.74, 6) is -6.68. The first-order valence-corrected chi connectivity index (χ1v) is 12.2. The molecule has 0 bridgehead atoms. The quantitative estimate of drug-likeness (QED) is 0.365. The number of rotatable bonds is 9. The summed E-state index contributed by atoms with van der Waals surface area (Å²) in [6, 6.07) is 15.7. The second kappa shape index (κ2) is 12.4. The van der Waals surface area contributed by atoms with Gasteiger partial charge < -0.3 is 5.32 Å². The number of carbonyl (C=O) groups is 3. The Bertz CT molecular complexity index is 1450. The number of halogens is 6. The monoisotopic (exact) mass is 581 g/mol. The van der Waals surface area contributed by atoms with Gasteiger partial charge >= 0.3 is 18.3 Å². The van der Waals surface area contributed by atoms with Gasteiger partial charge in [-0.1, -0.05) is 74.5 Å². The third-order valence-electron chi connectivity index (χ3n) is 6.03. The van der Waals surface area contributed by atoms with Crippen LogP contribution < -0.4 is 15.8 Å². The smallest absolute Gasteiger partial charge is 0.344 e. The molecule has 0 fully saturated rings. The van der Waals surface area contributed by atoms with Crippen LogP contribution >= 0.6 is 0 Å². The van der Waals surface area contributed by atoms with E-state index in [4.69, 9.17) is 0 Å². The number of pyridine rings is 1. The number of carbonyl (C=O) groups excluding carboxylic acids is 3. The van der Waals surface area contributed by atoms with E-state index in [9.17, 15) is 45.5 Å². The van der Waals surface area contributed by atoms with Gasteiger partial charge in [0.15, 0.2) is 0 Å². The van der Waals surface area contributed by atoms with Crippen LogP contribution in [0.3, 0.4) is 0 Å². The molecule has 3 rings (SSSR count). The third kappa shape index (κ3) is 7.62. The number of nitrogens with zero attached hydrogens (tertiary/aromatic N) is 2. The van der Waals surface area contributed by atoms with Gasteiger partial charge in [0.05, 0.1) is 18.3 Å². The first-order chi connectivity index (χ1) is 19.1. The lowest BCUT2D eigenvalue weighted by Crippen LogP contribution is -2.51. The molecule has 1 N–H and O–H groups in total. The van der Waals surface area contributed by atoms with Crippen LogP contribution in [0.2, 0.25) is 0 Å². The maximum Gasteiger partial charge on any atom is 0.471 e. The molecule has 0 aliphatic carbocycles. The molecule has 0 aliphatic heterocycles. The van der Waals surface area contributed by atoms with E-state index in [0.29, 0.717) is 5.56 Å². The SMILES string of the molecule is CC(C)C(NC(=O)Cn1c(-c2ccccc2)ccc(N(Cc2ccccc2)C(=O)C(F)(F)F)c1=O)C(=O)C(F)(F)F. The molecule has 218 valence electrons. The number of alkyl halides is 6. The van der Waals surface area contributed by atoms with E-state index < -0.39 is 66.2 Å². The summed E-state index contributed by atoms with van der Waals surface area (Å²) in [6.45, 7) is 0.966. The maximum absolute atomic E-state index is 13.6. The van der Waals surface area contributed by atoms with E-state index in [1.807, 2.05) is 5.32 Å². The highest BCUT2D eigenvalue weighted by Gasteiger charge is 2.45. The molecule has 1 atom stereocenters. The minimum absolute atomic E-state index is 0.0388. The molecule has 13 heteroatoms. The minimum Gasteiger partial charge on any atom is -0.344 e. The van der Waals surface area contributed by atoms with E-state index in [2.05, 4.69) is 0 Å². The van der Waals surface area contributed by atoms with E-state index in [1.54, 1.807) is 24.3 Å². The van der Waals surface area contributed by atoms with Crippen molar-refractivity contribution in [2.45, 2.75) is 45.3 Å².